The van der Waals surface area contributed by atoms with Gasteiger partial charge >= 0.3 is 22.4 Å². The lowest BCUT2D eigenvalue weighted by Gasteiger charge is -1.98. The highest BCUT2D eigenvalue weighted by atomic mass is 16.5. The van der Waals surface area contributed by atoms with Crippen molar-refractivity contribution in [3.63, 3.8) is 0 Å². The molecule has 23 heavy (non-hydrogen) atoms. The average Bonchev–Trinajstić information content (AvgIpc) is 2.59. The second kappa shape index (κ2) is 5.88. The highest BCUT2D eigenvalue weighted by Crippen LogP contribution is 2.10. The van der Waals surface area contributed by atoms with Crippen molar-refractivity contribution in [2.75, 3.05) is 0 Å². The first-order chi connectivity index (χ1) is 11.1. The molecule has 0 fully saturated rings. The fraction of sp³-hybridized carbons (Fsp3) is 0.0556. The molecule has 0 saturated heterocycles. The van der Waals surface area contributed by atoms with Crippen molar-refractivity contribution >= 4 is 22.9 Å². The van der Waals surface area contributed by atoms with E-state index in [0.29, 0.717) is 11.0 Å². The Kier molecular flexibility index (Phi) is 3.76. The van der Waals surface area contributed by atoms with Gasteiger partial charge in [-0.2, -0.15) is 0 Å². The van der Waals surface area contributed by atoms with Crippen LogP contribution in [0, 0.1) is 6.92 Å². The molecule has 3 rings (SSSR count). The number of hydrogen-bond acceptors (Lipinski definition) is 3. The molecule has 5 nitrogen and oxygen atoms in total. The predicted molar refractivity (Wildman–Crippen MR) is 83.3 cm³/mol. The molecule has 2 aromatic carbocycles. The van der Waals surface area contributed by atoms with Gasteiger partial charge in [-0.3, -0.25) is 15.2 Å². The zero-order valence-electron chi connectivity index (χ0n) is 12.5. The molecular formula is C18H16N2O3+2. The summed E-state index contributed by atoms with van der Waals surface area (Å²) in [5, 5.41) is 20.6. The highest BCUT2D eigenvalue weighted by Gasteiger charge is 2.35. The summed E-state index contributed by atoms with van der Waals surface area (Å²) in [4.78, 5) is 12.5. The molecule has 0 bridgehead atoms. The molecule has 3 aromatic rings. The molecule has 1 heterocycles. The molecular weight excluding hydrogens is 292 g/mol. The lowest BCUT2D eigenvalue weighted by atomic mass is 10.1. The number of allylic oxidation sites excluding steroid dienone is 1. The maximum absolute atomic E-state index is 12.5. The van der Waals surface area contributed by atoms with Gasteiger partial charge in [0.2, 0.25) is 0 Å². The van der Waals surface area contributed by atoms with Crippen LogP contribution < -0.4 is 9.46 Å². The van der Waals surface area contributed by atoms with E-state index in [-0.39, 0.29) is 11.4 Å². The van der Waals surface area contributed by atoms with Gasteiger partial charge < -0.3 is 0 Å². The number of hydrogen-bond donors (Lipinski definition) is 2. The Morgan fingerprint density at radius 3 is 2.13 bits per heavy atom. The first kappa shape index (κ1) is 14.7. The summed E-state index contributed by atoms with van der Waals surface area (Å²) in [5.41, 5.74) is 1.90. The van der Waals surface area contributed by atoms with Crippen LogP contribution in [0.2, 0.25) is 0 Å². The Bertz CT molecular complexity index is 918. The van der Waals surface area contributed by atoms with E-state index in [4.69, 9.17) is 0 Å². The van der Waals surface area contributed by atoms with E-state index in [2.05, 4.69) is 0 Å². The summed E-state index contributed by atoms with van der Waals surface area (Å²) in [6, 6.07) is 16.1. The molecule has 0 spiro atoms. The van der Waals surface area contributed by atoms with Crippen molar-refractivity contribution < 1.29 is 24.7 Å². The molecule has 5 heteroatoms. The van der Waals surface area contributed by atoms with Gasteiger partial charge in [-0.25, -0.2) is 0 Å². The van der Waals surface area contributed by atoms with E-state index in [1.54, 1.807) is 37.3 Å². The number of para-hydroxylation sites is 2. The lowest BCUT2D eigenvalue weighted by molar-refractivity contribution is -0.924. The summed E-state index contributed by atoms with van der Waals surface area (Å²) in [5.74, 6) is -0.401. The second-order valence-corrected chi connectivity index (χ2v) is 5.15. The Balaban J connectivity index is 2.09. The molecule has 0 saturated carbocycles. The molecule has 1 aromatic heterocycles. The average molecular weight is 308 g/mol. The van der Waals surface area contributed by atoms with Gasteiger partial charge in [0.05, 0.1) is 0 Å². The molecule has 0 aliphatic heterocycles. The molecule has 0 radical (unpaired) electrons. The van der Waals surface area contributed by atoms with Gasteiger partial charge in [0.1, 0.15) is 0 Å². The highest BCUT2D eigenvalue weighted by molar-refractivity contribution is 6.05. The van der Waals surface area contributed by atoms with Gasteiger partial charge in [0.15, 0.2) is 0 Å². The molecule has 0 unspecified atom stereocenters. The summed E-state index contributed by atoms with van der Waals surface area (Å²) in [7, 11) is 0. The summed E-state index contributed by atoms with van der Waals surface area (Å²) in [6.07, 6.45) is 3.04. The minimum Gasteiger partial charge on any atom is -0.284 e. The van der Waals surface area contributed by atoms with Crippen molar-refractivity contribution in [1.82, 2.24) is 0 Å². The van der Waals surface area contributed by atoms with Crippen molar-refractivity contribution in [2.45, 2.75) is 6.92 Å². The van der Waals surface area contributed by atoms with E-state index < -0.39 is 5.78 Å². The van der Waals surface area contributed by atoms with Crippen molar-refractivity contribution in [3.05, 3.63) is 77.6 Å². The molecule has 0 amide bonds. The van der Waals surface area contributed by atoms with Gasteiger partial charge in [-0.05, 0) is 11.6 Å². The lowest BCUT2D eigenvalue weighted by Crippen LogP contribution is -2.49. The van der Waals surface area contributed by atoms with Crippen LogP contribution in [0.25, 0.3) is 17.1 Å². The van der Waals surface area contributed by atoms with Crippen LogP contribution in [0.15, 0.2) is 60.7 Å². The SMILES string of the molecule is Cc1c(C(=O)C=Cc2ccccc2)[n+](O)c2ccccc2[n+]1O. The number of ketones is 1. The Morgan fingerprint density at radius 1 is 0.913 bits per heavy atom. The van der Waals surface area contributed by atoms with Crippen molar-refractivity contribution in [1.29, 1.82) is 0 Å². The Labute approximate surface area is 132 Å². The number of nitrogens with zero attached hydrogens (tertiary/aromatic N) is 2. The van der Waals surface area contributed by atoms with Gasteiger partial charge in [0.25, 0.3) is 5.78 Å². The van der Waals surface area contributed by atoms with E-state index in [9.17, 15) is 15.2 Å². The normalized spacial score (nSPS) is 11.2. The van der Waals surface area contributed by atoms with Gasteiger partial charge in [-0.1, -0.05) is 48.5 Å². The van der Waals surface area contributed by atoms with Crippen molar-refractivity contribution in [3.8, 4) is 0 Å². The second-order valence-electron chi connectivity index (χ2n) is 5.15. The standard InChI is InChI=1S/C18H16N2O3/c1-13-18(17(21)12-11-14-7-3-2-4-8-14)20(23)16-10-6-5-9-15(16)19(13)22/h2-12,22-23H,1H3/q+2. The van der Waals surface area contributed by atoms with E-state index in [0.717, 1.165) is 15.0 Å². The first-order valence-electron chi connectivity index (χ1n) is 7.15. The van der Waals surface area contributed by atoms with Gasteiger partial charge in [-0.15, -0.1) is 0 Å². The zero-order valence-corrected chi connectivity index (χ0v) is 12.5. The summed E-state index contributed by atoms with van der Waals surface area (Å²) < 4.78 is 1.72. The Hall–Kier alpha value is -3.21. The molecule has 0 aliphatic rings. The van der Waals surface area contributed by atoms with Crippen LogP contribution in [0.5, 0.6) is 0 Å². The quantitative estimate of drug-likeness (QED) is 0.337. The van der Waals surface area contributed by atoms with Crippen LogP contribution in [0.4, 0.5) is 0 Å². The summed E-state index contributed by atoms with van der Waals surface area (Å²) in [6.45, 7) is 1.57. The third-order valence-corrected chi connectivity index (χ3v) is 3.67. The van der Waals surface area contributed by atoms with Gasteiger partial charge in [0, 0.05) is 28.5 Å². The topological polar surface area (TPSA) is 65.3 Å². The number of benzene rings is 2. The predicted octanol–water partition coefficient (Wildman–Crippen LogP) is 2.09. The van der Waals surface area contributed by atoms with Crippen LogP contribution in [0.3, 0.4) is 0 Å². The van der Waals surface area contributed by atoms with E-state index in [1.165, 1.54) is 6.08 Å². The maximum Gasteiger partial charge on any atom is 0.375 e. The minimum absolute atomic E-state index is 0.0124. The number of rotatable bonds is 3. The molecule has 114 valence electrons. The van der Waals surface area contributed by atoms with Crippen molar-refractivity contribution in [2.24, 2.45) is 0 Å². The van der Waals surface area contributed by atoms with Crippen LogP contribution in [-0.2, 0) is 0 Å². The molecule has 2 N–H and O–H groups in total. The zero-order chi connectivity index (χ0) is 16.4. The maximum atomic E-state index is 12.5. The number of fused-ring (bicyclic) bond motifs is 1. The Morgan fingerprint density at radius 2 is 1.48 bits per heavy atom. The smallest absolute Gasteiger partial charge is 0.284 e. The molecule has 0 aliphatic carbocycles. The largest absolute Gasteiger partial charge is 0.375 e. The fourth-order valence-electron chi connectivity index (χ4n) is 2.47. The first-order valence-corrected chi connectivity index (χ1v) is 7.15. The number of aromatic nitrogens is 2. The fourth-order valence-corrected chi connectivity index (χ4v) is 2.47. The van der Waals surface area contributed by atoms with Crippen LogP contribution in [-0.4, -0.2) is 16.2 Å². The third-order valence-electron chi connectivity index (χ3n) is 3.67. The van der Waals surface area contributed by atoms with E-state index in [1.807, 2.05) is 30.3 Å². The van der Waals surface area contributed by atoms with E-state index >= 15 is 0 Å². The third kappa shape index (κ3) is 2.64. The number of carbonyl (C=O) groups is 1. The number of carbonyl (C=O) groups excluding carboxylic acids is 1. The minimum atomic E-state index is -0.401. The summed E-state index contributed by atoms with van der Waals surface area (Å²) >= 11 is 0. The van der Waals surface area contributed by atoms with Crippen LogP contribution in [0.1, 0.15) is 21.7 Å². The molecule has 0 atom stereocenters. The monoisotopic (exact) mass is 308 g/mol. The van der Waals surface area contributed by atoms with Crippen LogP contribution >= 0.6 is 0 Å².